The van der Waals surface area contributed by atoms with Crippen LogP contribution in [0.3, 0.4) is 0 Å². The number of hydrogen-bond donors (Lipinski definition) is 2. The van der Waals surface area contributed by atoms with Gasteiger partial charge < -0.3 is 15.4 Å². The molecule has 0 bridgehead atoms. The fourth-order valence-electron chi connectivity index (χ4n) is 3.70. The van der Waals surface area contributed by atoms with E-state index in [0.717, 1.165) is 37.9 Å². The van der Waals surface area contributed by atoms with Crippen molar-refractivity contribution in [3.8, 4) is 11.4 Å². The Morgan fingerprint density at radius 3 is 2.60 bits per heavy atom. The van der Waals surface area contributed by atoms with E-state index in [1.165, 1.54) is 0 Å². The van der Waals surface area contributed by atoms with Crippen LogP contribution in [-0.4, -0.2) is 50.2 Å². The molecule has 3 heterocycles. The van der Waals surface area contributed by atoms with Crippen LogP contribution in [-0.2, 0) is 0 Å². The van der Waals surface area contributed by atoms with Crippen molar-refractivity contribution in [2.24, 2.45) is 0 Å². The normalized spacial score (nSPS) is 11.1. The fraction of sp³-hybridized carbons (Fsp3) is 0.125. The van der Waals surface area contributed by atoms with E-state index in [0.29, 0.717) is 17.5 Å². The van der Waals surface area contributed by atoms with Gasteiger partial charge in [-0.3, -0.25) is 9.97 Å². The second-order valence-electron chi connectivity index (χ2n) is 7.76. The number of nitrogens with zero attached hydrogens (tertiary/aromatic N) is 6. The molecule has 35 heavy (non-hydrogen) atoms. The molecule has 0 aliphatic rings. The molecule has 0 atom stereocenters. The molecule has 0 unspecified atom stereocenters. The van der Waals surface area contributed by atoms with Crippen LogP contribution in [0.5, 0.6) is 5.75 Å². The Morgan fingerprint density at radius 1 is 0.971 bits per heavy atom. The lowest BCUT2D eigenvalue weighted by molar-refractivity contribution is 0.416. The molecule has 0 radical (unpaired) electrons. The smallest absolute Gasteiger partial charge is 0.229 e. The lowest BCUT2D eigenvalue weighted by Crippen LogP contribution is -2.12. The Bertz CT molecular complexity index is 1490. The van der Waals surface area contributed by atoms with Crippen molar-refractivity contribution in [2.45, 2.75) is 0 Å². The minimum atomic E-state index is -0.462. The number of hydrogen-bond acceptors (Lipinski definition) is 8. The number of fused-ring (bicyclic) bond motifs is 1. The predicted molar refractivity (Wildman–Crippen MR) is 144 cm³/mol. The first-order chi connectivity index (χ1) is 17.0. The van der Waals surface area contributed by atoms with Crippen LogP contribution in [0.1, 0.15) is 0 Å². The Hall–Kier alpha value is -3.62. The molecule has 176 valence electrons. The van der Waals surface area contributed by atoms with Crippen LogP contribution in [0.2, 0.25) is 0 Å². The molecule has 9 nitrogen and oxygen atoms in total. The average molecular weight is 549 g/mol. The van der Waals surface area contributed by atoms with Crippen molar-refractivity contribution in [1.29, 1.82) is 0 Å². The van der Waals surface area contributed by atoms with Gasteiger partial charge in [-0.2, -0.15) is 10.1 Å². The van der Waals surface area contributed by atoms with Gasteiger partial charge in [-0.15, -0.1) is 0 Å². The Morgan fingerprint density at radius 2 is 1.83 bits per heavy atom. The molecule has 0 aliphatic carbocycles. The summed E-state index contributed by atoms with van der Waals surface area (Å²) >= 11 is 3.58. The van der Waals surface area contributed by atoms with Crippen molar-refractivity contribution in [2.75, 3.05) is 31.1 Å². The van der Waals surface area contributed by atoms with Gasteiger partial charge in [0.1, 0.15) is 11.6 Å². The predicted octanol–water partition coefficient (Wildman–Crippen LogP) is 5.23. The molecular weight excluding hydrogens is 527 g/mol. The molecule has 2 aromatic carbocycles. The Balaban J connectivity index is 1.49. The van der Waals surface area contributed by atoms with Gasteiger partial charge in [-0.25, -0.2) is 9.67 Å². The van der Waals surface area contributed by atoms with Gasteiger partial charge in [0, 0.05) is 42.0 Å². The summed E-state index contributed by atoms with van der Waals surface area (Å²) < 4.78 is 8.05. The van der Waals surface area contributed by atoms with Crippen LogP contribution >= 0.6 is 23.9 Å². The van der Waals surface area contributed by atoms with Gasteiger partial charge in [-0.1, -0.05) is 7.92 Å². The summed E-state index contributed by atoms with van der Waals surface area (Å²) in [6, 6.07) is 11.6. The van der Waals surface area contributed by atoms with E-state index in [-0.39, 0.29) is 0 Å². The lowest BCUT2D eigenvalue weighted by Gasteiger charge is -2.17. The fourth-order valence-corrected chi connectivity index (χ4v) is 5.19. The summed E-state index contributed by atoms with van der Waals surface area (Å²) in [7, 11) is 1.16. The molecule has 0 saturated heterocycles. The molecule has 0 amide bonds. The second-order valence-corrected chi connectivity index (χ2v) is 10.8. The maximum atomic E-state index is 5.54. The highest BCUT2D eigenvalue weighted by Crippen LogP contribution is 2.35. The molecule has 3 aromatic heterocycles. The SMILES string of the molecule is COc1ccc(-n2cccn2)cc1Nc1ncc(Br)c(Nc2ccc3nccnc3c2P(C)C)n1. The molecule has 5 rings (SSSR count). The van der Waals surface area contributed by atoms with Crippen LogP contribution in [0.15, 0.2) is 71.9 Å². The number of methoxy groups -OCH3 is 1. The first-order valence-corrected chi connectivity index (χ1v) is 13.7. The molecule has 5 aromatic rings. The van der Waals surface area contributed by atoms with E-state index in [1.807, 2.05) is 42.6 Å². The monoisotopic (exact) mass is 548 g/mol. The zero-order valence-corrected chi connectivity index (χ0v) is 21.7. The molecule has 11 heteroatoms. The quantitative estimate of drug-likeness (QED) is 0.266. The zero-order chi connectivity index (χ0) is 24.4. The number of rotatable bonds is 7. The van der Waals surface area contributed by atoms with Crippen molar-refractivity contribution in [3.05, 3.63) is 71.9 Å². The van der Waals surface area contributed by atoms with E-state index >= 15 is 0 Å². The molecular formula is C24H22BrN8OP. The Labute approximate surface area is 211 Å². The molecule has 0 saturated carbocycles. The second kappa shape index (κ2) is 9.93. The highest BCUT2D eigenvalue weighted by Gasteiger charge is 2.16. The number of ether oxygens (including phenoxy) is 1. The van der Waals surface area contributed by atoms with E-state index in [2.05, 4.69) is 59.9 Å². The van der Waals surface area contributed by atoms with E-state index < -0.39 is 7.92 Å². The number of aromatic nitrogens is 6. The summed E-state index contributed by atoms with van der Waals surface area (Å²) in [6.07, 6.45) is 8.76. The first-order valence-electron chi connectivity index (χ1n) is 10.7. The minimum Gasteiger partial charge on any atom is -0.495 e. The maximum absolute atomic E-state index is 5.54. The van der Waals surface area contributed by atoms with E-state index in [9.17, 15) is 0 Å². The van der Waals surface area contributed by atoms with E-state index in [1.54, 1.807) is 36.6 Å². The van der Waals surface area contributed by atoms with Gasteiger partial charge in [0.25, 0.3) is 0 Å². The number of anilines is 4. The Kier molecular flexibility index (Phi) is 6.57. The summed E-state index contributed by atoms with van der Waals surface area (Å²) in [5, 5.41) is 12.2. The largest absolute Gasteiger partial charge is 0.495 e. The van der Waals surface area contributed by atoms with Gasteiger partial charge in [0.05, 0.1) is 34.0 Å². The summed E-state index contributed by atoms with van der Waals surface area (Å²) in [5.41, 5.74) is 4.32. The van der Waals surface area contributed by atoms with Crippen LogP contribution in [0, 0.1) is 0 Å². The average Bonchev–Trinajstić information content (AvgIpc) is 3.41. The number of nitrogens with one attached hydrogen (secondary N) is 2. The first kappa shape index (κ1) is 23.1. The third-order valence-corrected chi connectivity index (χ3v) is 7.18. The summed E-state index contributed by atoms with van der Waals surface area (Å²) in [4.78, 5) is 18.2. The molecule has 2 N–H and O–H groups in total. The number of halogens is 1. The van der Waals surface area contributed by atoms with E-state index in [4.69, 9.17) is 9.72 Å². The lowest BCUT2D eigenvalue weighted by atomic mass is 10.2. The maximum Gasteiger partial charge on any atom is 0.229 e. The minimum absolute atomic E-state index is 0.420. The standard InChI is InChI=1S/C24H22BrN8OP/c1-34-20-8-5-15(33-12-4-9-29-33)13-19(20)31-24-28-14-16(25)23(32-24)30-18-7-6-17-21(22(18)35(2)3)27-11-10-26-17/h4-14H,1-3H3,(H2,28,30,31,32). The zero-order valence-electron chi connectivity index (χ0n) is 19.3. The topological polar surface area (TPSA) is 103 Å². The van der Waals surface area contributed by atoms with Gasteiger partial charge in [0.2, 0.25) is 5.95 Å². The highest BCUT2D eigenvalue weighted by molar-refractivity contribution is 9.10. The highest BCUT2D eigenvalue weighted by atomic mass is 79.9. The third-order valence-electron chi connectivity index (χ3n) is 5.26. The molecule has 0 spiro atoms. The van der Waals surface area contributed by atoms with Crippen molar-refractivity contribution in [3.63, 3.8) is 0 Å². The van der Waals surface area contributed by atoms with Crippen LogP contribution < -0.4 is 20.7 Å². The van der Waals surface area contributed by atoms with Crippen molar-refractivity contribution in [1.82, 2.24) is 29.7 Å². The summed E-state index contributed by atoms with van der Waals surface area (Å²) in [6.45, 7) is 4.40. The number of benzene rings is 2. The van der Waals surface area contributed by atoms with Crippen molar-refractivity contribution >= 4 is 63.3 Å². The third kappa shape index (κ3) is 4.80. The summed E-state index contributed by atoms with van der Waals surface area (Å²) in [5.74, 6) is 1.72. The van der Waals surface area contributed by atoms with Crippen molar-refractivity contribution < 1.29 is 4.74 Å². The molecule has 0 aliphatic heterocycles. The molecule has 0 fully saturated rings. The van der Waals surface area contributed by atoms with Crippen LogP contribution in [0.4, 0.5) is 23.1 Å². The van der Waals surface area contributed by atoms with Gasteiger partial charge in [-0.05, 0) is 65.7 Å². The van der Waals surface area contributed by atoms with Gasteiger partial charge in [0.15, 0.2) is 0 Å². The van der Waals surface area contributed by atoms with Crippen LogP contribution in [0.25, 0.3) is 16.7 Å². The van der Waals surface area contributed by atoms with Gasteiger partial charge >= 0.3 is 0 Å².